The summed E-state index contributed by atoms with van der Waals surface area (Å²) in [5.41, 5.74) is 1.07. The molecular formula is C13H22N2O2S2. The van der Waals surface area contributed by atoms with E-state index in [1.54, 1.807) is 23.9 Å². The van der Waals surface area contributed by atoms with Gasteiger partial charge >= 0.3 is 0 Å². The highest BCUT2D eigenvalue weighted by Crippen LogP contribution is 2.15. The van der Waals surface area contributed by atoms with Crippen molar-refractivity contribution in [2.24, 2.45) is 0 Å². The normalized spacial score (nSPS) is 13.4. The highest BCUT2D eigenvalue weighted by atomic mass is 32.2. The van der Waals surface area contributed by atoms with Gasteiger partial charge in [0.1, 0.15) is 0 Å². The Morgan fingerprint density at radius 2 is 1.89 bits per heavy atom. The first-order chi connectivity index (χ1) is 9.01. The molecule has 0 aliphatic carbocycles. The van der Waals surface area contributed by atoms with Crippen LogP contribution in [0.1, 0.15) is 24.9 Å². The van der Waals surface area contributed by atoms with Crippen LogP contribution in [0.4, 0.5) is 0 Å². The Morgan fingerprint density at radius 3 is 2.42 bits per heavy atom. The molecule has 0 saturated heterocycles. The molecule has 1 aromatic rings. The van der Waals surface area contributed by atoms with Crippen molar-refractivity contribution in [2.75, 3.05) is 25.6 Å². The molecule has 0 aliphatic heterocycles. The van der Waals surface area contributed by atoms with E-state index in [0.29, 0.717) is 11.4 Å². The molecule has 0 radical (unpaired) electrons. The average molecular weight is 302 g/mol. The molecule has 1 unspecified atom stereocenters. The van der Waals surface area contributed by atoms with E-state index in [4.69, 9.17) is 0 Å². The summed E-state index contributed by atoms with van der Waals surface area (Å²) < 4.78 is 26.6. The second-order valence-corrected chi connectivity index (χ2v) is 7.08. The number of nitrogens with one attached hydrogen (secondary N) is 2. The first-order valence-electron chi connectivity index (χ1n) is 6.27. The Kier molecular flexibility index (Phi) is 6.85. The molecule has 1 aromatic carbocycles. The largest absolute Gasteiger partial charge is 0.313 e. The Morgan fingerprint density at radius 1 is 1.26 bits per heavy atom. The predicted molar refractivity (Wildman–Crippen MR) is 82.1 cm³/mol. The summed E-state index contributed by atoms with van der Waals surface area (Å²) in [6.45, 7) is 2.52. The minimum Gasteiger partial charge on any atom is -0.313 e. The number of rotatable bonds is 8. The Hall–Kier alpha value is -0.560. The zero-order valence-corrected chi connectivity index (χ0v) is 13.3. The number of thioether (sulfide) groups is 1. The summed E-state index contributed by atoms with van der Waals surface area (Å²) in [6, 6.07) is 7.21. The molecule has 0 amide bonds. The fraction of sp³-hybridized carbons (Fsp3) is 0.538. The molecule has 0 aliphatic rings. The summed E-state index contributed by atoms with van der Waals surface area (Å²) in [4.78, 5) is 0.323. The monoisotopic (exact) mass is 302 g/mol. The Bertz CT molecular complexity index is 472. The topological polar surface area (TPSA) is 58.2 Å². The van der Waals surface area contributed by atoms with Crippen molar-refractivity contribution < 1.29 is 8.42 Å². The lowest BCUT2D eigenvalue weighted by Gasteiger charge is -2.11. The van der Waals surface area contributed by atoms with Crippen molar-refractivity contribution in [3.05, 3.63) is 29.8 Å². The second-order valence-electron chi connectivity index (χ2n) is 4.32. The summed E-state index contributed by atoms with van der Waals surface area (Å²) in [7, 11) is -1.49. The summed E-state index contributed by atoms with van der Waals surface area (Å²) in [6.07, 6.45) is 2.85. The van der Waals surface area contributed by atoms with Crippen molar-refractivity contribution in [3.8, 4) is 0 Å². The molecule has 6 heteroatoms. The molecule has 0 saturated carbocycles. The zero-order valence-electron chi connectivity index (χ0n) is 11.6. The van der Waals surface area contributed by atoms with Crippen LogP contribution in [0.3, 0.4) is 0 Å². The van der Waals surface area contributed by atoms with Crippen molar-refractivity contribution >= 4 is 21.8 Å². The molecule has 0 spiro atoms. The molecule has 0 bridgehead atoms. The molecular weight excluding hydrogens is 280 g/mol. The van der Waals surface area contributed by atoms with Crippen molar-refractivity contribution in [1.82, 2.24) is 10.0 Å². The highest BCUT2D eigenvalue weighted by molar-refractivity contribution is 7.98. The summed E-state index contributed by atoms with van der Waals surface area (Å²) in [5, 5.41) is 3.12. The smallest absolute Gasteiger partial charge is 0.240 e. The minimum atomic E-state index is -3.37. The van der Waals surface area contributed by atoms with Gasteiger partial charge < -0.3 is 5.32 Å². The molecule has 4 nitrogen and oxygen atoms in total. The zero-order chi connectivity index (χ0) is 14.3. The molecule has 1 atom stereocenters. The second kappa shape index (κ2) is 7.89. The predicted octanol–water partition coefficient (Wildman–Crippen LogP) is 2.00. The number of sulfonamides is 1. The van der Waals surface area contributed by atoms with Gasteiger partial charge in [0, 0.05) is 12.6 Å². The average Bonchev–Trinajstić information content (AvgIpc) is 2.43. The number of hydrogen-bond acceptors (Lipinski definition) is 4. The molecule has 0 heterocycles. The first-order valence-corrected chi connectivity index (χ1v) is 9.15. The molecule has 0 fully saturated rings. The van der Waals surface area contributed by atoms with Crippen molar-refractivity contribution in [2.45, 2.75) is 24.3 Å². The van der Waals surface area contributed by atoms with E-state index < -0.39 is 10.0 Å². The standard InChI is InChI=1S/C13H22N2O2S2/c1-11(14-2)12-5-7-13(8-6-12)19(16,17)15-9-4-10-18-3/h5-8,11,14-15H,4,9-10H2,1-3H3. The maximum atomic E-state index is 12.0. The van der Waals surface area contributed by atoms with Gasteiger partial charge in [-0.25, -0.2) is 13.1 Å². The Labute approximate surface area is 120 Å². The van der Waals surface area contributed by atoms with Crippen LogP contribution in [-0.4, -0.2) is 34.0 Å². The van der Waals surface area contributed by atoms with Gasteiger partial charge in [0.2, 0.25) is 10.0 Å². The van der Waals surface area contributed by atoms with Crippen LogP contribution in [0.2, 0.25) is 0 Å². The van der Waals surface area contributed by atoms with Gasteiger partial charge in [0.25, 0.3) is 0 Å². The Balaban J connectivity index is 2.68. The fourth-order valence-corrected chi connectivity index (χ4v) is 3.12. The molecule has 2 N–H and O–H groups in total. The van der Waals surface area contributed by atoms with Crippen LogP contribution in [0.25, 0.3) is 0 Å². The van der Waals surface area contributed by atoms with E-state index in [-0.39, 0.29) is 6.04 Å². The SMILES string of the molecule is CNC(C)c1ccc(S(=O)(=O)NCCCSC)cc1. The van der Waals surface area contributed by atoms with Crippen molar-refractivity contribution in [1.29, 1.82) is 0 Å². The minimum absolute atomic E-state index is 0.214. The van der Waals surface area contributed by atoms with E-state index >= 15 is 0 Å². The van der Waals surface area contributed by atoms with Gasteiger partial charge in [-0.2, -0.15) is 11.8 Å². The van der Waals surface area contributed by atoms with E-state index in [9.17, 15) is 8.42 Å². The first kappa shape index (κ1) is 16.5. The van der Waals surface area contributed by atoms with E-state index in [1.807, 2.05) is 32.4 Å². The number of hydrogen-bond donors (Lipinski definition) is 2. The lowest BCUT2D eigenvalue weighted by atomic mass is 10.1. The molecule has 19 heavy (non-hydrogen) atoms. The van der Waals surface area contributed by atoms with Crippen LogP contribution < -0.4 is 10.0 Å². The lowest BCUT2D eigenvalue weighted by Crippen LogP contribution is -2.25. The van der Waals surface area contributed by atoms with Crippen LogP contribution in [0.15, 0.2) is 29.2 Å². The lowest BCUT2D eigenvalue weighted by molar-refractivity contribution is 0.580. The highest BCUT2D eigenvalue weighted by Gasteiger charge is 2.13. The van der Waals surface area contributed by atoms with Crippen LogP contribution in [0.5, 0.6) is 0 Å². The van der Waals surface area contributed by atoms with Gasteiger partial charge in [0.15, 0.2) is 0 Å². The summed E-state index contributed by atoms with van der Waals surface area (Å²) in [5.74, 6) is 0.959. The van der Waals surface area contributed by atoms with E-state index in [0.717, 1.165) is 17.7 Å². The van der Waals surface area contributed by atoms with Gasteiger partial charge in [-0.3, -0.25) is 0 Å². The molecule has 1 rings (SSSR count). The summed E-state index contributed by atoms with van der Waals surface area (Å²) >= 11 is 1.71. The van der Waals surface area contributed by atoms with Crippen molar-refractivity contribution in [3.63, 3.8) is 0 Å². The fourth-order valence-electron chi connectivity index (χ4n) is 1.61. The van der Waals surface area contributed by atoms with Crippen LogP contribution in [-0.2, 0) is 10.0 Å². The van der Waals surface area contributed by atoms with Gasteiger partial charge in [0.05, 0.1) is 4.90 Å². The molecule has 108 valence electrons. The maximum absolute atomic E-state index is 12.0. The van der Waals surface area contributed by atoms with Gasteiger partial charge in [-0.15, -0.1) is 0 Å². The van der Waals surface area contributed by atoms with Gasteiger partial charge in [-0.1, -0.05) is 12.1 Å². The number of benzene rings is 1. The molecule has 0 aromatic heterocycles. The maximum Gasteiger partial charge on any atom is 0.240 e. The van der Waals surface area contributed by atoms with E-state index in [2.05, 4.69) is 10.0 Å². The third-order valence-corrected chi connectivity index (χ3v) is 5.11. The van der Waals surface area contributed by atoms with Crippen LogP contribution >= 0.6 is 11.8 Å². The third kappa shape index (κ3) is 5.14. The van der Waals surface area contributed by atoms with Gasteiger partial charge in [-0.05, 0) is 50.1 Å². The van der Waals surface area contributed by atoms with Crippen LogP contribution in [0, 0.1) is 0 Å². The third-order valence-electron chi connectivity index (χ3n) is 2.94. The quantitative estimate of drug-likeness (QED) is 0.721. The van der Waals surface area contributed by atoms with E-state index in [1.165, 1.54) is 0 Å².